The molecule has 0 aliphatic carbocycles. The molecule has 5 aromatic carbocycles. The SMILES string of the molecule is Brc1cccc([Si](c2ccccc2)(c2ccccc2)c2ccc3sc4ccccc4c3c2)c1. The molecule has 0 atom stereocenters. The van der Waals surface area contributed by atoms with E-state index in [2.05, 4.69) is 143 Å². The van der Waals surface area contributed by atoms with Crippen LogP contribution in [0.4, 0.5) is 0 Å². The summed E-state index contributed by atoms with van der Waals surface area (Å²) in [5, 5.41) is 8.29. The molecule has 3 heteroatoms. The topological polar surface area (TPSA) is 0 Å². The number of thiophene rings is 1. The molecule has 6 aromatic rings. The molecular weight excluding hydrogens is 500 g/mol. The van der Waals surface area contributed by atoms with Gasteiger partial charge in [0.15, 0.2) is 8.07 Å². The first kappa shape index (κ1) is 20.6. The Bertz CT molecular complexity index is 1530. The first-order chi connectivity index (χ1) is 16.3. The minimum atomic E-state index is -2.53. The van der Waals surface area contributed by atoms with Gasteiger partial charge in [-0.05, 0) is 45.0 Å². The summed E-state index contributed by atoms with van der Waals surface area (Å²) in [6.45, 7) is 0. The summed E-state index contributed by atoms with van der Waals surface area (Å²) in [5.41, 5.74) is 0. The number of benzene rings is 5. The Morgan fingerprint density at radius 2 is 1.03 bits per heavy atom. The van der Waals surface area contributed by atoms with Crippen molar-refractivity contribution in [3.8, 4) is 0 Å². The van der Waals surface area contributed by atoms with E-state index in [1.807, 2.05) is 11.3 Å². The van der Waals surface area contributed by atoms with Crippen LogP contribution in [0, 0.1) is 0 Å². The Morgan fingerprint density at radius 1 is 0.455 bits per heavy atom. The Morgan fingerprint density at radius 3 is 1.73 bits per heavy atom. The van der Waals surface area contributed by atoms with Crippen LogP contribution in [-0.2, 0) is 0 Å². The van der Waals surface area contributed by atoms with Crippen molar-refractivity contribution in [1.29, 1.82) is 0 Å². The number of halogens is 1. The van der Waals surface area contributed by atoms with Gasteiger partial charge in [-0.3, -0.25) is 0 Å². The van der Waals surface area contributed by atoms with E-state index in [1.54, 1.807) is 0 Å². The van der Waals surface area contributed by atoms with E-state index in [4.69, 9.17) is 0 Å². The molecule has 0 bridgehead atoms. The summed E-state index contributed by atoms with van der Waals surface area (Å²) >= 11 is 5.64. The van der Waals surface area contributed by atoms with Crippen LogP contribution < -0.4 is 20.7 Å². The fourth-order valence-corrected chi connectivity index (χ4v) is 11.6. The van der Waals surface area contributed by atoms with Gasteiger partial charge in [0.2, 0.25) is 0 Å². The Labute approximate surface area is 207 Å². The third-order valence-corrected chi connectivity index (χ3v) is 12.9. The Hall–Kier alpha value is -2.98. The summed E-state index contributed by atoms with van der Waals surface area (Å²) in [4.78, 5) is 0. The van der Waals surface area contributed by atoms with E-state index in [0.717, 1.165) is 4.47 Å². The number of hydrogen-bond acceptors (Lipinski definition) is 1. The molecule has 33 heavy (non-hydrogen) atoms. The van der Waals surface area contributed by atoms with Gasteiger partial charge in [0.05, 0.1) is 0 Å². The normalized spacial score (nSPS) is 11.8. The van der Waals surface area contributed by atoms with Crippen molar-refractivity contribution in [1.82, 2.24) is 0 Å². The highest BCUT2D eigenvalue weighted by Gasteiger charge is 2.41. The lowest BCUT2D eigenvalue weighted by molar-refractivity contribution is 1.65. The number of rotatable bonds is 4. The molecule has 158 valence electrons. The highest BCUT2D eigenvalue weighted by molar-refractivity contribution is 9.10. The van der Waals surface area contributed by atoms with Crippen LogP contribution in [0.15, 0.2) is 132 Å². The second-order valence-corrected chi connectivity index (χ2v) is 14.1. The van der Waals surface area contributed by atoms with Gasteiger partial charge >= 0.3 is 0 Å². The summed E-state index contributed by atoms with van der Waals surface area (Å²) < 4.78 is 3.81. The average Bonchev–Trinajstić information content (AvgIpc) is 3.24. The van der Waals surface area contributed by atoms with Crippen molar-refractivity contribution in [3.05, 3.63) is 132 Å². The Kier molecular flexibility index (Phi) is 5.26. The molecule has 0 amide bonds. The van der Waals surface area contributed by atoms with Gasteiger partial charge in [-0.2, -0.15) is 0 Å². The fourth-order valence-electron chi connectivity index (χ4n) is 5.06. The average molecular weight is 522 g/mol. The third-order valence-electron chi connectivity index (χ3n) is 6.48. The molecule has 1 aromatic heterocycles. The molecule has 0 saturated carbocycles. The summed E-state index contributed by atoms with van der Waals surface area (Å²) in [6, 6.07) is 47.1. The predicted molar refractivity (Wildman–Crippen MR) is 151 cm³/mol. The van der Waals surface area contributed by atoms with Gasteiger partial charge in [-0.15, -0.1) is 11.3 Å². The van der Waals surface area contributed by atoms with Crippen molar-refractivity contribution in [3.63, 3.8) is 0 Å². The standard InChI is InChI=1S/C30H21BrSSi/c31-22-10-9-15-25(20-22)33(23-11-3-1-4-12-23,24-13-5-2-6-14-24)26-18-19-30-28(21-26)27-16-7-8-17-29(27)32-30/h1-21H. The molecule has 0 radical (unpaired) electrons. The second-order valence-electron chi connectivity index (χ2n) is 8.30. The summed E-state index contributed by atoms with van der Waals surface area (Å²) in [5.74, 6) is 0. The minimum Gasteiger partial charge on any atom is -0.135 e. The third kappa shape index (κ3) is 3.39. The molecule has 6 rings (SSSR count). The number of hydrogen-bond donors (Lipinski definition) is 0. The van der Waals surface area contributed by atoms with Crippen LogP contribution >= 0.6 is 27.3 Å². The minimum absolute atomic E-state index is 1.12. The second kappa shape index (κ2) is 8.42. The molecule has 0 spiro atoms. The van der Waals surface area contributed by atoms with E-state index in [0.29, 0.717) is 0 Å². The largest absolute Gasteiger partial charge is 0.179 e. The predicted octanol–water partition coefficient (Wildman–Crippen LogP) is 6.19. The fraction of sp³-hybridized carbons (Fsp3) is 0. The highest BCUT2D eigenvalue weighted by Crippen LogP contribution is 2.33. The number of fused-ring (bicyclic) bond motifs is 3. The van der Waals surface area contributed by atoms with Crippen LogP contribution in [-0.4, -0.2) is 8.07 Å². The first-order valence-corrected chi connectivity index (χ1v) is 14.7. The lowest BCUT2D eigenvalue weighted by Crippen LogP contribution is -2.74. The summed E-state index contributed by atoms with van der Waals surface area (Å²) in [6.07, 6.45) is 0. The monoisotopic (exact) mass is 520 g/mol. The van der Waals surface area contributed by atoms with Crippen molar-refractivity contribution in [2.24, 2.45) is 0 Å². The molecule has 0 saturated heterocycles. The van der Waals surface area contributed by atoms with E-state index in [1.165, 1.54) is 40.9 Å². The van der Waals surface area contributed by atoms with Gasteiger partial charge in [0, 0.05) is 24.6 Å². The summed E-state index contributed by atoms with van der Waals surface area (Å²) in [7, 11) is -2.53. The molecule has 0 N–H and O–H groups in total. The van der Waals surface area contributed by atoms with Gasteiger partial charge < -0.3 is 0 Å². The van der Waals surface area contributed by atoms with E-state index in [9.17, 15) is 0 Å². The van der Waals surface area contributed by atoms with Crippen molar-refractivity contribution >= 4 is 76.3 Å². The van der Waals surface area contributed by atoms with Gasteiger partial charge in [-0.1, -0.05) is 119 Å². The van der Waals surface area contributed by atoms with Crippen molar-refractivity contribution in [2.45, 2.75) is 0 Å². The van der Waals surface area contributed by atoms with Crippen molar-refractivity contribution < 1.29 is 0 Å². The van der Waals surface area contributed by atoms with E-state index < -0.39 is 8.07 Å². The molecule has 0 aliphatic heterocycles. The highest BCUT2D eigenvalue weighted by atomic mass is 79.9. The zero-order valence-corrected chi connectivity index (χ0v) is 21.3. The molecule has 0 fully saturated rings. The molecular formula is C30H21BrSSi. The zero-order chi connectivity index (χ0) is 22.3. The lowest BCUT2D eigenvalue weighted by Gasteiger charge is -2.34. The maximum Gasteiger partial charge on any atom is 0.179 e. The quantitative estimate of drug-likeness (QED) is 0.192. The van der Waals surface area contributed by atoms with Crippen LogP contribution in [0.3, 0.4) is 0 Å². The van der Waals surface area contributed by atoms with Crippen molar-refractivity contribution in [2.75, 3.05) is 0 Å². The van der Waals surface area contributed by atoms with Crippen LogP contribution in [0.5, 0.6) is 0 Å². The smallest absolute Gasteiger partial charge is 0.135 e. The lowest BCUT2D eigenvalue weighted by atomic mass is 10.1. The maximum absolute atomic E-state index is 3.76. The molecule has 0 nitrogen and oxygen atoms in total. The van der Waals surface area contributed by atoms with Gasteiger partial charge in [0.1, 0.15) is 0 Å². The van der Waals surface area contributed by atoms with Crippen LogP contribution in [0.2, 0.25) is 0 Å². The van der Waals surface area contributed by atoms with E-state index >= 15 is 0 Å². The van der Waals surface area contributed by atoms with Gasteiger partial charge in [-0.25, -0.2) is 0 Å². The maximum atomic E-state index is 3.76. The molecule has 0 aliphatic rings. The first-order valence-electron chi connectivity index (χ1n) is 11.1. The zero-order valence-electron chi connectivity index (χ0n) is 17.9. The van der Waals surface area contributed by atoms with Crippen LogP contribution in [0.25, 0.3) is 20.2 Å². The van der Waals surface area contributed by atoms with Gasteiger partial charge in [0.25, 0.3) is 0 Å². The molecule has 1 heterocycles. The van der Waals surface area contributed by atoms with Crippen LogP contribution in [0.1, 0.15) is 0 Å². The van der Waals surface area contributed by atoms with E-state index in [-0.39, 0.29) is 0 Å². The Balaban J connectivity index is 1.76. The molecule has 0 unspecified atom stereocenters.